The maximum atomic E-state index is 2.52. The Balaban J connectivity index is 1.21. The fourth-order valence-corrected chi connectivity index (χ4v) is 10.9. The average molecular weight is 750 g/mol. The van der Waals surface area contributed by atoms with Crippen LogP contribution in [0.15, 0.2) is 237 Å². The van der Waals surface area contributed by atoms with Crippen LogP contribution in [0.4, 0.5) is 17.1 Å². The van der Waals surface area contributed by atoms with Gasteiger partial charge in [-0.2, -0.15) is 0 Å². The Hall–Kier alpha value is -7.48. The predicted octanol–water partition coefficient (Wildman–Crippen LogP) is 14.5. The highest BCUT2D eigenvalue weighted by molar-refractivity contribution is 6.05. The zero-order valence-corrected chi connectivity index (χ0v) is 32.5. The molecule has 0 saturated heterocycles. The van der Waals surface area contributed by atoms with Crippen molar-refractivity contribution in [2.75, 3.05) is 4.90 Å². The molecule has 2 aliphatic rings. The number of benzene rings is 10. The molecule has 10 aromatic rings. The molecule has 0 amide bonds. The van der Waals surface area contributed by atoms with Crippen molar-refractivity contribution in [3.05, 3.63) is 281 Å². The van der Waals surface area contributed by atoms with E-state index in [0.29, 0.717) is 0 Å². The van der Waals surface area contributed by atoms with Gasteiger partial charge in [0.05, 0.1) is 22.2 Å². The molecule has 0 saturated carbocycles. The minimum atomic E-state index is -0.592. The fraction of sp³-hybridized carbons (Fsp3) is 0.0345. The second-order valence-corrected chi connectivity index (χ2v) is 15.9. The van der Waals surface area contributed by atoms with E-state index in [4.69, 9.17) is 0 Å². The largest absolute Gasteiger partial charge is 0.309 e. The van der Waals surface area contributed by atoms with Crippen LogP contribution in [-0.4, -0.2) is 0 Å². The first-order valence-electron chi connectivity index (χ1n) is 20.6. The Morgan fingerprint density at radius 1 is 0.271 bits per heavy atom. The first-order chi connectivity index (χ1) is 29.3. The van der Waals surface area contributed by atoms with Gasteiger partial charge in [-0.3, -0.25) is 0 Å². The van der Waals surface area contributed by atoms with E-state index < -0.39 is 10.8 Å². The van der Waals surface area contributed by atoms with Crippen LogP contribution in [0.3, 0.4) is 0 Å². The van der Waals surface area contributed by atoms with Gasteiger partial charge in [0.2, 0.25) is 0 Å². The van der Waals surface area contributed by atoms with Gasteiger partial charge < -0.3 is 4.90 Å². The van der Waals surface area contributed by atoms with Gasteiger partial charge in [-0.15, -0.1) is 0 Å². The summed E-state index contributed by atoms with van der Waals surface area (Å²) in [4.78, 5) is 2.50. The third-order valence-corrected chi connectivity index (χ3v) is 13.2. The zero-order chi connectivity index (χ0) is 39.0. The van der Waals surface area contributed by atoms with Crippen molar-refractivity contribution in [2.45, 2.75) is 10.8 Å². The minimum Gasteiger partial charge on any atom is -0.309 e. The van der Waals surface area contributed by atoms with Crippen LogP contribution in [0.2, 0.25) is 0 Å². The van der Waals surface area contributed by atoms with Gasteiger partial charge in [-0.05, 0) is 90.7 Å². The monoisotopic (exact) mass is 749 g/mol. The van der Waals surface area contributed by atoms with Crippen molar-refractivity contribution in [3.8, 4) is 11.1 Å². The molecule has 0 radical (unpaired) electrons. The lowest BCUT2D eigenvalue weighted by molar-refractivity contribution is 0.623. The minimum absolute atomic E-state index is 0.547. The van der Waals surface area contributed by atoms with E-state index in [9.17, 15) is 0 Å². The van der Waals surface area contributed by atoms with Crippen LogP contribution in [-0.2, 0) is 10.8 Å². The summed E-state index contributed by atoms with van der Waals surface area (Å²) >= 11 is 0. The number of anilines is 3. The molecule has 1 heteroatoms. The standard InChI is InChI=1S/C58H39N/c1-3-23-42(24-4-1)57(43-25-5-2-6-26-43)50-31-13-15-33-52(50)58(53-34-16-14-32-51(53)57)49-30-12-11-29-47(49)48-38-37-44(39-54(48)58)59(55-35-17-21-40-19-7-9-27-45(40)55)56-36-18-22-41-20-8-10-28-46(41)56/h1-39H. The second-order valence-electron chi connectivity index (χ2n) is 15.9. The number of rotatable bonds is 5. The Morgan fingerprint density at radius 2 is 0.678 bits per heavy atom. The third kappa shape index (κ3) is 4.62. The van der Waals surface area contributed by atoms with Gasteiger partial charge in [0.1, 0.15) is 0 Å². The molecule has 10 aromatic carbocycles. The molecule has 1 nitrogen and oxygen atoms in total. The lowest BCUT2D eigenvalue weighted by Gasteiger charge is -2.50. The number of hydrogen-bond acceptors (Lipinski definition) is 1. The van der Waals surface area contributed by atoms with Gasteiger partial charge in [0.25, 0.3) is 0 Å². The van der Waals surface area contributed by atoms with Crippen LogP contribution >= 0.6 is 0 Å². The number of fused-ring (bicyclic) bond motifs is 11. The first-order valence-corrected chi connectivity index (χ1v) is 20.6. The van der Waals surface area contributed by atoms with Crippen molar-refractivity contribution in [1.29, 1.82) is 0 Å². The van der Waals surface area contributed by atoms with E-state index in [1.165, 1.54) is 77.2 Å². The fourth-order valence-electron chi connectivity index (χ4n) is 10.9. The summed E-state index contributed by atoms with van der Waals surface area (Å²) in [7, 11) is 0. The molecule has 2 aliphatic carbocycles. The highest BCUT2D eigenvalue weighted by Gasteiger charge is 2.56. The quantitative estimate of drug-likeness (QED) is 0.169. The van der Waals surface area contributed by atoms with Crippen molar-refractivity contribution in [2.24, 2.45) is 0 Å². The van der Waals surface area contributed by atoms with Crippen LogP contribution in [0.25, 0.3) is 32.7 Å². The zero-order valence-electron chi connectivity index (χ0n) is 32.5. The number of nitrogens with zero attached hydrogens (tertiary/aromatic N) is 1. The normalized spacial score (nSPS) is 14.0. The van der Waals surface area contributed by atoms with Crippen LogP contribution in [0, 0.1) is 0 Å². The molecular weight excluding hydrogens is 711 g/mol. The van der Waals surface area contributed by atoms with E-state index in [-0.39, 0.29) is 0 Å². The summed E-state index contributed by atoms with van der Waals surface area (Å²) in [5.74, 6) is 0. The topological polar surface area (TPSA) is 3.24 Å². The molecule has 0 fully saturated rings. The van der Waals surface area contributed by atoms with E-state index in [1.807, 2.05) is 0 Å². The average Bonchev–Trinajstić information content (AvgIpc) is 3.60. The SMILES string of the molecule is c1ccc(C2(c3ccccc3)c3ccccc3C3(c4ccccc4-c4ccc(N(c5cccc6ccccc56)c5cccc6ccccc56)cc43)c3ccccc32)cc1. The highest BCUT2D eigenvalue weighted by Crippen LogP contribution is 2.65. The molecular formula is C58H39N. The van der Waals surface area contributed by atoms with Gasteiger partial charge in [-0.25, -0.2) is 0 Å². The molecule has 0 bridgehead atoms. The summed E-state index contributed by atoms with van der Waals surface area (Å²) in [6.45, 7) is 0. The molecule has 0 N–H and O–H groups in total. The molecule has 59 heavy (non-hydrogen) atoms. The lowest BCUT2D eigenvalue weighted by atomic mass is 9.51. The molecule has 12 rings (SSSR count). The Morgan fingerprint density at radius 3 is 1.22 bits per heavy atom. The summed E-state index contributed by atoms with van der Waals surface area (Å²) < 4.78 is 0. The molecule has 0 heterocycles. The molecule has 0 unspecified atom stereocenters. The maximum absolute atomic E-state index is 2.52. The predicted molar refractivity (Wildman–Crippen MR) is 245 cm³/mol. The molecule has 0 aliphatic heterocycles. The summed E-state index contributed by atoms with van der Waals surface area (Å²) in [6, 6.07) is 88.2. The van der Waals surface area contributed by atoms with Gasteiger partial charge in [0, 0.05) is 16.5 Å². The van der Waals surface area contributed by atoms with Gasteiger partial charge in [0.15, 0.2) is 0 Å². The molecule has 276 valence electrons. The van der Waals surface area contributed by atoms with Crippen LogP contribution in [0.5, 0.6) is 0 Å². The van der Waals surface area contributed by atoms with Crippen LogP contribution in [0.1, 0.15) is 44.5 Å². The van der Waals surface area contributed by atoms with Crippen molar-refractivity contribution in [1.82, 2.24) is 0 Å². The van der Waals surface area contributed by atoms with Crippen molar-refractivity contribution >= 4 is 38.6 Å². The van der Waals surface area contributed by atoms with E-state index in [0.717, 1.165) is 17.1 Å². The van der Waals surface area contributed by atoms with Crippen LogP contribution < -0.4 is 4.90 Å². The lowest BCUT2D eigenvalue weighted by Crippen LogP contribution is -2.44. The van der Waals surface area contributed by atoms with E-state index in [1.54, 1.807) is 0 Å². The summed E-state index contributed by atoms with van der Waals surface area (Å²) in [5.41, 5.74) is 15.3. The first kappa shape index (κ1) is 33.6. The highest BCUT2D eigenvalue weighted by atomic mass is 15.1. The second kappa shape index (κ2) is 13.0. The smallest absolute Gasteiger partial charge is 0.0720 e. The number of hydrogen-bond donors (Lipinski definition) is 0. The molecule has 0 aromatic heterocycles. The Kier molecular flexibility index (Phi) is 7.43. The van der Waals surface area contributed by atoms with E-state index in [2.05, 4.69) is 241 Å². The van der Waals surface area contributed by atoms with Crippen molar-refractivity contribution in [3.63, 3.8) is 0 Å². The molecule has 0 atom stereocenters. The third-order valence-electron chi connectivity index (χ3n) is 13.2. The van der Waals surface area contributed by atoms with E-state index >= 15 is 0 Å². The molecule has 1 spiro atoms. The summed E-state index contributed by atoms with van der Waals surface area (Å²) in [6.07, 6.45) is 0. The Labute approximate surface area is 345 Å². The maximum Gasteiger partial charge on any atom is 0.0720 e. The summed E-state index contributed by atoms with van der Waals surface area (Å²) in [5, 5.41) is 4.86. The van der Waals surface area contributed by atoms with Gasteiger partial charge >= 0.3 is 0 Å². The van der Waals surface area contributed by atoms with Crippen molar-refractivity contribution < 1.29 is 0 Å². The Bertz CT molecular complexity index is 3050. The van der Waals surface area contributed by atoms with Gasteiger partial charge in [-0.1, -0.05) is 212 Å².